The zero-order valence-corrected chi connectivity index (χ0v) is 7.95. The first-order valence-corrected chi connectivity index (χ1v) is 4.94. The average Bonchev–Trinajstić information content (AvgIpc) is 2.59. The van der Waals surface area contributed by atoms with Gasteiger partial charge in [0.25, 0.3) is 0 Å². The molecule has 2 aliphatic rings. The number of ether oxygens (including phenoxy) is 2. The molecule has 0 radical (unpaired) electrons. The molecule has 0 spiro atoms. The Balaban J connectivity index is 1.98. The van der Waals surface area contributed by atoms with E-state index < -0.39 is 0 Å². The lowest BCUT2D eigenvalue weighted by atomic mass is 9.80. The molecule has 12 heavy (non-hydrogen) atoms. The molecule has 0 aromatic heterocycles. The fourth-order valence-electron chi connectivity index (χ4n) is 2.45. The molecule has 70 valence electrons. The van der Waals surface area contributed by atoms with Crippen LogP contribution in [0.25, 0.3) is 0 Å². The molecule has 2 heterocycles. The van der Waals surface area contributed by atoms with Gasteiger partial charge in [0.1, 0.15) is 0 Å². The van der Waals surface area contributed by atoms with E-state index in [0.717, 1.165) is 50.1 Å². The van der Waals surface area contributed by atoms with Crippen molar-refractivity contribution in [1.29, 1.82) is 0 Å². The molecule has 0 aromatic carbocycles. The molecule has 2 saturated heterocycles. The van der Waals surface area contributed by atoms with Crippen LogP contribution in [0.3, 0.4) is 0 Å². The van der Waals surface area contributed by atoms with Crippen LogP contribution >= 0.6 is 0 Å². The summed E-state index contributed by atoms with van der Waals surface area (Å²) in [6.07, 6.45) is 0. The third-order valence-corrected chi connectivity index (χ3v) is 3.39. The Morgan fingerprint density at radius 1 is 0.750 bits per heavy atom. The van der Waals surface area contributed by atoms with Gasteiger partial charge in [-0.3, -0.25) is 0 Å². The zero-order chi connectivity index (χ0) is 8.55. The van der Waals surface area contributed by atoms with Gasteiger partial charge < -0.3 is 9.47 Å². The van der Waals surface area contributed by atoms with E-state index in [2.05, 4.69) is 13.8 Å². The van der Waals surface area contributed by atoms with E-state index >= 15 is 0 Å². The smallest absolute Gasteiger partial charge is 0.0501 e. The summed E-state index contributed by atoms with van der Waals surface area (Å²) in [6.45, 7) is 8.41. The maximum absolute atomic E-state index is 5.47. The monoisotopic (exact) mass is 170 g/mol. The van der Waals surface area contributed by atoms with Gasteiger partial charge in [-0.05, 0) is 23.7 Å². The molecule has 0 aliphatic carbocycles. The van der Waals surface area contributed by atoms with Crippen LogP contribution in [0.4, 0.5) is 0 Å². The van der Waals surface area contributed by atoms with Gasteiger partial charge >= 0.3 is 0 Å². The highest BCUT2D eigenvalue weighted by molar-refractivity contribution is 4.84. The largest absolute Gasteiger partial charge is 0.381 e. The Morgan fingerprint density at radius 3 is 1.42 bits per heavy atom. The summed E-state index contributed by atoms with van der Waals surface area (Å²) >= 11 is 0. The highest BCUT2D eigenvalue weighted by atomic mass is 16.5. The van der Waals surface area contributed by atoms with Gasteiger partial charge in [0, 0.05) is 13.2 Å². The Morgan fingerprint density at radius 2 is 1.17 bits per heavy atom. The SMILES string of the molecule is CC1COCC1C1COC[C@@H]1C. The fourth-order valence-corrected chi connectivity index (χ4v) is 2.45. The Labute approximate surface area is 74.2 Å². The molecule has 2 rings (SSSR count). The van der Waals surface area contributed by atoms with Crippen LogP contribution in [0.1, 0.15) is 13.8 Å². The topological polar surface area (TPSA) is 18.5 Å². The van der Waals surface area contributed by atoms with Crippen LogP contribution in [-0.2, 0) is 9.47 Å². The number of hydrogen-bond donors (Lipinski definition) is 0. The lowest BCUT2D eigenvalue weighted by Crippen LogP contribution is -2.25. The lowest BCUT2D eigenvalue weighted by molar-refractivity contribution is 0.149. The van der Waals surface area contributed by atoms with Crippen molar-refractivity contribution >= 4 is 0 Å². The van der Waals surface area contributed by atoms with Gasteiger partial charge in [-0.1, -0.05) is 13.8 Å². The van der Waals surface area contributed by atoms with Gasteiger partial charge in [-0.15, -0.1) is 0 Å². The lowest BCUT2D eigenvalue weighted by Gasteiger charge is -2.22. The number of hydrogen-bond acceptors (Lipinski definition) is 2. The highest BCUT2D eigenvalue weighted by Gasteiger charge is 2.37. The molecule has 2 nitrogen and oxygen atoms in total. The van der Waals surface area contributed by atoms with E-state index in [0.29, 0.717) is 0 Å². The van der Waals surface area contributed by atoms with Crippen molar-refractivity contribution in [2.75, 3.05) is 26.4 Å². The third kappa shape index (κ3) is 1.38. The molecule has 2 heteroatoms. The second-order valence-corrected chi connectivity index (χ2v) is 4.36. The van der Waals surface area contributed by atoms with E-state index in [9.17, 15) is 0 Å². The summed E-state index contributed by atoms with van der Waals surface area (Å²) < 4.78 is 10.9. The van der Waals surface area contributed by atoms with Crippen LogP contribution in [0.5, 0.6) is 0 Å². The summed E-state index contributed by atoms with van der Waals surface area (Å²) in [6, 6.07) is 0. The molecule has 0 N–H and O–H groups in total. The van der Waals surface area contributed by atoms with Crippen LogP contribution in [0.15, 0.2) is 0 Å². The van der Waals surface area contributed by atoms with Gasteiger partial charge in [0.05, 0.1) is 13.2 Å². The van der Waals surface area contributed by atoms with Gasteiger partial charge in [0.2, 0.25) is 0 Å². The standard InChI is InChI=1S/C10H18O2/c1-7-3-11-5-9(7)10-6-12-4-8(10)2/h7-10H,3-6H2,1-2H3/t7-,8?,9?,10?/m0/s1. The Kier molecular flexibility index (Phi) is 2.37. The molecule has 2 aliphatic heterocycles. The van der Waals surface area contributed by atoms with E-state index in [-0.39, 0.29) is 0 Å². The molecular formula is C10H18O2. The molecular weight excluding hydrogens is 152 g/mol. The second-order valence-electron chi connectivity index (χ2n) is 4.36. The van der Waals surface area contributed by atoms with E-state index in [1.165, 1.54) is 0 Å². The van der Waals surface area contributed by atoms with Crippen LogP contribution in [-0.4, -0.2) is 26.4 Å². The Bertz CT molecular complexity index is 140. The number of rotatable bonds is 1. The van der Waals surface area contributed by atoms with E-state index in [4.69, 9.17) is 9.47 Å². The van der Waals surface area contributed by atoms with Gasteiger partial charge in [0.15, 0.2) is 0 Å². The minimum absolute atomic E-state index is 0.735. The molecule has 0 amide bonds. The summed E-state index contributed by atoms with van der Waals surface area (Å²) in [5, 5.41) is 0. The van der Waals surface area contributed by atoms with Crippen molar-refractivity contribution in [3.8, 4) is 0 Å². The first-order valence-electron chi connectivity index (χ1n) is 4.94. The van der Waals surface area contributed by atoms with Gasteiger partial charge in [-0.25, -0.2) is 0 Å². The predicted octanol–water partition coefficient (Wildman–Crippen LogP) is 1.55. The Hall–Kier alpha value is -0.0800. The predicted molar refractivity (Wildman–Crippen MR) is 46.9 cm³/mol. The first-order chi connectivity index (χ1) is 5.79. The second kappa shape index (κ2) is 3.35. The summed E-state index contributed by atoms with van der Waals surface area (Å²) in [5.74, 6) is 2.98. The summed E-state index contributed by atoms with van der Waals surface area (Å²) in [5.41, 5.74) is 0. The van der Waals surface area contributed by atoms with Crippen molar-refractivity contribution in [2.24, 2.45) is 23.7 Å². The first kappa shape index (κ1) is 8.52. The van der Waals surface area contributed by atoms with Crippen LogP contribution < -0.4 is 0 Å². The zero-order valence-electron chi connectivity index (χ0n) is 7.95. The fraction of sp³-hybridized carbons (Fsp3) is 1.00. The van der Waals surface area contributed by atoms with Crippen molar-refractivity contribution in [2.45, 2.75) is 13.8 Å². The van der Waals surface area contributed by atoms with Crippen molar-refractivity contribution in [3.05, 3.63) is 0 Å². The molecule has 0 aromatic rings. The summed E-state index contributed by atoms with van der Waals surface area (Å²) in [4.78, 5) is 0. The van der Waals surface area contributed by atoms with Crippen LogP contribution in [0.2, 0.25) is 0 Å². The van der Waals surface area contributed by atoms with Crippen molar-refractivity contribution < 1.29 is 9.47 Å². The quantitative estimate of drug-likeness (QED) is 0.594. The van der Waals surface area contributed by atoms with Crippen molar-refractivity contribution in [1.82, 2.24) is 0 Å². The van der Waals surface area contributed by atoms with Crippen LogP contribution in [0, 0.1) is 23.7 Å². The minimum atomic E-state index is 0.735. The molecule has 0 bridgehead atoms. The van der Waals surface area contributed by atoms with Gasteiger partial charge in [-0.2, -0.15) is 0 Å². The normalized spacial score (nSPS) is 48.5. The van der Waals surface area contributed by atoms with E-state index in [1.807, 2.05) is 0 Å². The maximum Gasteiger partial charge on any atom is 0.0501 e. The molecule has 3 unspecified atom stereocenters. The average molecular weight is 170 g/mol. The highest BCUT2D eigenvalue weighted by Crippen LogP contribution is 2.35. The molecule has 4 atom stereocenters. The molecule has 0 saturated carbocycles. The third-order valence-electron chi connectivity index (χ3n) is 3.39. The summed E-state index contributed by atoms with van der Waals surface area (Å²) in [7, 11) is 0. The maximum atomic E-state index is 5.47. The minimum Gasteiger partial charge on any atom is -0.381 e. The van der Waals surface area contributed by atoms with E-state index in [1.54, 1.807) is 0 Å². The molecule has 2 fully saturated rings. The van der Waals surface area contributed by atoms with Crippen molar-refractivity contribution in [3.63, 3.8) is 0 Å².